The molecule has 2 unspecified atom stereocenters. The summed E-state index contributed by atoms with van der Waals surface area (Å²) in [6.07, 6.45) is 12.1. The van der Waals surface area contributed by atoms with Gasteiger partial charge in [-0.3, -0.25) is 0 Å². The Balaban J connectivity index is 1.84. The van der Waals surface area contributed by atoms with Crippen LogP contribution < -0.4 is 9.80 Å². The zero-order chi connectivity index (χ0) is 33.8. The molecule has 2 aliphatic rings. The van der Waals surface area contributed by atoms with Gasteiger partial charge < -0.3 is 9.80 Å². The lowest BCUT2D eigenvalue weighted by Gasteiger charge is -2.48. The maximum atomic E-state index is 10.2. The van der Waals surface area contributed by atoms with E-state index in [1.165, 1.54) is 57.1 Å². The van der Waals surface area contributed by atoms with Crippen molar-refractivity contribution in [2.75, 3.05) is 29.4 Å². The van der Waals surface area contributed by atoms with Crippen molar-refractivity contribution in [3.8, 4) is 24.3 Å². The van der Waals surface area contributed by atoms with Crippen LogP contribution in [0.1, 0.15) is 109 Å². The number of unbranched alkanes of at least 4 members (excludes halogenated alkanes) is 2. The lowest BCUT2D eigenvalue weighted by atomic mass is 9.74. The molecule has 0 bridgehead atoms. The van der Waals surface area contributed by atoms with Gasteiger partial charge in [-0.15, -0.1) is 0 Å². The molecule has 4 rings (SSSR count). The summed E-state index contributed by atoms with van der Waals surface area (Å²) in [7, 11) is 0. The smallest absolute Gasteiger partial charge is 0.136 e. The summed E-state index contributed by atoms with van der Waals surface area (Å²) in [5.41, 5.74) is 4.04. The molecule has 0 N–H and O–H groups in total. The minimum Gasteiger partial charge on any atom is -0.371 e. The van der Waals surface area contributed by atoms with Crippen LogP contribution in [0.25, 0.3) is 11.1 Å². The van der Waals surface area contributed by atoms with E-state index < -0.39 is 5.54 Å². The average molecular weight is 627 g/mol. The van der Waals surface area contributed by atoms with E-state index in [-0.39, 0.29) is 11.1 Å². The molecule has 2 atom stereocenters. The molecule has 47 heavy (non-hydrogen) atoms. The van der Waals surface area contributed by atoms with Crippen LogP contribution in [0, 0.1) is 57.2 Å². The first-order chi connectivity index (χ1) is 23.0. The number of rotatable bonds is 14. The van der Waals surface area contributed by atoms with Crippen molar-refractivity contribution < 1.29 is 0 Å². The highest BCUT2D eigenvalue weighted by molar-refractivity contribution is 6.08. The van der Waals surface area contributed by atoms with E-state index in [1.807, 2.05) is 24.3 Å². The Morgan fingerprint density at radius 3 is 1.64 bits per heavy atom. The van der Waals surface area contributed by atoms with E-state index in [9.17, 15) is 21.0 Å². The second kappa shape index (κ2) is 16.9. The van der Waals surface area contributed by atoms with Crippen LogP contribution in [-0.2, 0) is 0 Å². The van der Waals surface area contributed by atoms with Gasteiger partial charge in [0.05, 0.1) is 5.54 Å². The Morgan fingerprint density at radius 1 is 0.723 bits per heavy atom. The lowest BCUT2D eigenvalue weighted by Crippen LogP contribution is -2.52. The molecule has 244 valence electrons. The van der Waals surface area contributed by atoms with Gasteiger partial charge in [-0.25, -0.2) is 0 Å². The Morgan fingerprint density at radius 2 is 1.21 bits per heavy atom. The maximum absolute atomic E-state index is 10.2. The minimum atomic E-state index is -0.967. The highest BCUT2D eigenvalue weighted by atomic mass is 15.2. The fourth-order valence-corrected chi connectivity index (χ4v) is 7.88. The molecule has 2 aromatic rings. The second-order valence-electron chi connectivity index (χ2n) is 13.2. The molecule has 6 heteroatoms. The summed E-state index contributed by atoms with van der Waals surface area (Å²) in [4.78, 5) is 4.88. The number of fused-ring (bicyclic) bond motifs is 1. The quantitative estimate of drug-likeness (QED) is 0.193. The fourth-order valence-electron chi connectivity index (χ4n) is 7.88. The van der Waals surface area contributed by atoms with Gasteiger partial charge in [0.25, 0.3) is 0 Å². The van der Waals surface area contributed by atoms with Crippen LogP contribution in [0.15, 0.2) is 59.7 Å². The van der Waals surface area contributed by atoms with E-state index in [2.05, 4.69) is 86.0 Å². The predicted octanol–water partition coefficient (Wildman–Crippen LogP) is 9.97. The van der Waals surface area contributed by atoms with Crippen LogP contribution >= 0.6 is 0 Å². The Hall–Kier alpha value is -4.52. The summed E-state index contributed by atoms with van der Waals surface area (Å²) in [5.74, 6) is 1.29. The van der Waals surface area contributed by atoms with E-state index in [0.29, 0.717) is 35.9 Å². The molecule has 1 heterocycles. The molecular weight excluding hydrogens is 576 g/mol. The van der Waals surface area contributed by atoms with Crippen LogP contribution in [-0.4, -0.2) is 25.2 Å². The van der Waals surface area contributed by atoms with Gasteiger partial charge in [0, 0.05) is 42.2 Å². The molecule has 0 radical (unpaired) electrons. The van der Waals surface area contributed by atoms with E-state index in [1.54, 1.807) is 0 Å². The van der Waals surface area contributed by atoms with Gasteiger partial charge in [-0.2, -0.15) is 21.0 Å². The Kier molecular flexibility index (Phi) is 12.7. The van der Waals surface area contributed by atoms with E-state index in [0.717, 1.165) is 42.7 Å². The van der Waals surface area contributed by atoms with Crippen molar-refractivity contribution in [3.63, 3.8) is 0 Å². The zero-order valence-electron chi connectivity index (χ0n) is 28.9. The topological polar surface area (TPSA) is 102 Å². The van der Waals surface area contributed by atoms with Crippen LogP contribution in [0.5, 0.6) is 0 Å². The lowest BCUT2D eigenvalue weighted by molar-refractivity contribution is 0.403. The molecule has 1 aliphatic heterocycles. The second-order valence-corrected chi connectivity index (χ2v) is 13.2. The standard InChI is InChI=1S/C41H50N6/c1-5-9-15-31(7-3)29-46(30-32(8-4)16-10-6-2)35-19-21-36(22-20-35)47-24-14-13-23-41(47)39(33(25-42)26-43)37-17-11-12-18-38(37)40(41)34(27-44)28-45/h11-12,17-22,31-32H,5-10,13-16,23-24,29-30H2,1-4H3. The van der Waals surface area contributed by atoms with Gasteiger partial charge in [-0.05, 0) is 79.3 Å². The van der Waals surface area contributed by atoms with Gasteiger partial charge in [0.15, 0.2) is 0 Å². The third-order valence-electron chi connectivity index (χ3n) is 10.4. The number of hydrogen-bond donors (Lipinski definition) is 0. The summed E-state index contributed by atoms with van der Waals surface area (Å²) < 4.78 is 0. The molecule has 6 nitrogen and oxygen atoms in total. The molecule has 0 amide bonds. The molecule has 1 aliphatic carbocycles. The monoisotopic (exact) mass is 626 g/mol. The zero-order valence-corrected chi connectivity index (χ0v) is 28.9. The number of allylic oxidation sites excluding steroid dienone is 2. The van der Waals surface area contributed by atoms with Gasteiger partial charge >= 0.3 is 0 Å². The maximum Gasteiger partial charge on any atom is 0.136 e. The molecule has 1 saturated heterocycles. The highest BCUT2D eigenvalue weighted by Gasteiger charge is 2.54. The first-order valence-corrected chi connectivity index (χ1v) is 17.8. The predicted molar refractivity (Wildman–Crippen MR) is 192 cm³/mol. The van der Waals surface area contributed by atoms with E-state index in [4.69, 9.17) is 0 Å². The number of benzene rings is 2. The molecule has 1 spiro atoms. The van der Waals surface area contributed by atoms with E-state index >= 15 is 0 Å². The van der Waals surface area contributed by atoms with Crippen molar-refractivity contribution >= 4 is 22.5 Å². The first-order valence-electron chi connectivity index (χ1n) is 17.8. The number of anilines is 2. The molecule has 0 saturated carbocycles. The molecular formula is C41H50N6. The summed E-state index contributed by atoms with van der Waals surface area (Å²) in [6.45, 7) is 11.9. The van der Waals surface area contributed by atoms with Gasteiger partial charge in [-0.1, -0.05) is 90.5 Å². The number of piperidine rings is 1. The van der Waals surface area contributed by atoms with Crippen molar-refractivity contribution in [2.24, 2.45) is 11.8 Å². The van der Waals surface area contributed by atoms with Crippen molar-refractivity contribution in [2.45, 2.75) is 104 Å². The third-order valence-corrected chi connectivity index (χ3v) is 10.4. The van der Waals surface area contributed by atoms with Crippen molar-refractivity contribution in [3.05, 3.63) is 70.8 Å². The first kappa shape index (κ1) is 35.3. The minimum absolute atomic E-state index is 0.0350. The summed E-state index contributed by atoms with van der Waals surface area (Å²) in [6, 6.07) is 25.1. The summed E-state index contributed by atoms with van der Waals surface area (Å²) >= 11 is 0. The average Bonchev–Trinajstić information content (AvgIpc) is 3.38. The van der Waals surface area contributed by atoms with Crippen LogP contribution in [0.4, 0.5) is 11.4 Å². The molecule has 1 fully saturated rings. The molecule has 2 aromatic carbocycles. The van der Waals surface area contributed by atoms with Gasteiger partial charge in [0.2, 0.25) is 0 Å². The Labute approximate surface area is 283 Å². The van der Waals surface area contributed by atoms with Crippen LogP contribution in [0.3, 0.4) is 0 Å². The molecule has 0 aromatic heterocycles. The van der Waals surface area contributed by atoms with Crippen LogP contribution in [0.2, 0.25) is 0 Å². The fraction of sp³-hybridized carbons (Fsp3) is 0.512. The number of hydrogen-bond acceptors (Lipinski definition) is 6. The number of nitrogens with zero attached hydrogens (tertiary/aromatic N) is 6. The normalized spacial score (nSPS) is 16.0. The SMILES string of the molecule is CCCCC(CC)CN(CC(CC)CCCC)c1ccc(N2CCCCC23C(=C(C#N)C#N)c2ccccc2C3=C(C#N)C#N)cc1. The summed E-state index contributed by atoms with van der Waals surface area (Å²) in [5, 5.41) is 40.8. The third kappa shape index (κ3) is 7.24. The van der Waals surface area contributed by atoms with Gasteiger partial charge in [0.1, 0.15) is 35.4 Å². The largest absolute Gasteiger partial charge is 0.371 e. The Bertz CT molecular complexity index is 1480. The number of nitriles is 4. The van der Waals surface area contributed by atoms with Crippen molar-refractivity contribution in [1.82, 2.24) is 0 Å². The van der Waals surface area contributed by atoms with Crippen molar-refractivity contribution in [1.29, 1.82) is 21.0 Å². The highest BCUT2D eigenvalue weighted by Crippen LogP contribution is 2.58.